The lowest BCUT2D eigenvalue weighted by atomic mass is 10.1. The van der Waals surface area contributed by atoms with Gasteiger partial charge in [-0.25, -0.2) is 4.79 Å². The SMILES string of the molecule is O=C1N(c2ccc(Cl)c(Cl)c2)[C@H](c2ccccc2)N2CCCN12. The number of carbonyl (C=O) groups excluding carboxylic acids is 1. The molecule has 2 aliphatic rings. The van der Waals surface area contributed by atoms with E-state index in [-0.39, 0.29) is 12.2 Å². The first-order chi connectivity index (χ1) is 11.2. The standard InChI is InChI=1S/C17H15Cl2N3O/c18-14-8-7-13(11-15(14)19)22-16(12-5-2-1-3-6-12)20-9-4-10-21(20)17(22)23/h1-3,5-8,11,16H,4,9-10H2/t16-/m1/s1. The van der Waals surface area contributed by atoms with Gasteiger partial charge < -0.3 is 0 Å². The number of hydrazine groups is 1. The molecule has 2 fully saturated rings. The van der Waals surface area contributed by atoms with Gasteiger partial charge in [-0.05, 0) is 30.2 Å². The van der Waals surface area contributed by atoms with Gasteiger partial charge in [-0.3, -0.25) is 9.91 Å². The molecule has 0 radical (unpaired) electrons. The van der Waals surface area contributed by atoms with Gasteiger partial charge in [0.15, 0.2) is 0 Å². The zero-order valence-corrected chi connectivity index (χ0v) is 13.8. The topological polar surface area (TPSA) is 26.8 Å². The highest BCUT2D eigenvalue weighted by Gasteiger charge is 2.47. The first kappa shape index (κ1) is 14.8. The Morgan fingerprint density at radius 2 is 1.74 bits per heavy atom. The molecule has 4 nitrogen and oxygen atoms in total. The molecule has 2 aromatic rings. The average molecular weight is 348 g/mol. The van der Waals surface area contributed by atoms with E-state index >= 15 is 0 Å². The van der Waals surface area contributed by atoms with Crippen molar-refractivity contribution in [3.05, 3.63) is 64.1 Å². The Hall–Kier alpha value is -1.75. The van der Waals surface area contributed by atoms with Crippen LogP contribution in [0, 0.1) is 0 Å². The Morgan fingerprint density at radius 1 is 0.957 bits per heavy atom. The fourth-order valence-electron chi connectivity index (χ4n) is 3.29. The van der Waals surface area contributed by atoms with E-state index in [2.05, 4.69) is 5.01 Å². The Kier molecular flexibility index (Phi) is 3.68. The zero-order chi connectivity index (χ0) is 16.0. The van der Waals surface area contributed by atoms with Gasteiger partial charge in [0.05, 0.1) is 10.0 Å². The minimum Gasteiger partial charge on any atom is -0.271 e. The van der Waals surface area contributed by atoms with Gasteiger partial charge in [0.2, 0.25) is 0 Å². The lowest BCUT2D eigenvalue weighted by Crippen LogP contribution is -2.32. The molecular formula is C17H15Cl2N3O. The summed E-state index contributed by atoms with van der Waals surface area (Å²) in [7, 11) is 0. The number of benzene rings is 2. The summed E-state index contributed by atoms with van der Waals surface area (Å²) in [6, 6.07) is 15.4. The molecule has 0 aromatic heterocycles. The van der Waals surface area contributed by atoms with Crippen molar-refractivity contribution in [3.8, 4) is 0 Å². The zero-order valence-electron chi connectivity index (χ0n) is 12.3. The van der Waals surface area contributed by atoms with Gasteiger partial charge in [0.25, 0.3) is 0 Å². The Morgan fingerprint density at radius 3 is 2.48 bits per heavy atom. The monoisotopic (exact) mass is 347 g/mol. The predicted octanol–water partition coefficient (Wildman–Crippen LogP) is 4.55. The molecule has 1 atom stereocenters. The van der Waals surface area contributed by atoms with Crippen LogP contribution in [-0.2, 0) is 0 Å². The second-order valence-corrected chi connectivity index (χ2v) is 6.49. The van der Waals surface area contributed by atoms with Crippen LogP contribution in [0.25, 0.3) is 0 Å². The number of anilines is 1. The van der Waals surface area contributed by atoms with Crippen LogP contribution < -0.4 is 4.90 Å². The highest BCUT2D eigenvalue weighted by molar-refractivity contribution is 6.42. The highest BCUT2D eigenvalue weighted by atomic mass is 35.5. The van der Waals surface area contributed by atoms with Gasteiger partial charge in [-0.2, -0.15) is 5.01 Å². The third kappa shape index (κ3) is 2.38. The van der Waals surface area contributed by atoms with Crippen molar-refractivity contribution in [2.24, 2.45) is 0 Å². The molecule has 2 aromatic carbocycles. The number of urea groups is 1. The number of amides is 2. The fraction of sp³-hybridized carbons (Fsp3) is 0.235. The molecule has 4 rings (SSSR count). The molecule has 2 aliphatic heterocycles. The minimum atomic E-state index is -0.150. The Labute approximate surface area is 144 Å². The van der Waals surface area contributed by atoms with Crippen molar-refractivity contribution in [2.75, 3.05) is 18.0 Å². The lowest BCUT2D eigenvalue weighted by molar-refractivity contribution is 0.0728. The first-order valence-corrected chi connectivity index (χ1v) is 8.30. The molecule has 0 bridgehead atoms. The maximum absolute atomic E-state index is 12.9. The molecule has 2 saturated heterocycles. The number of nitrogens with zero attached hydrogens (tertiary/aromatic N) is 3. The van der Waals surface area contributed by atoms with Gasteiger partial charge >= 0.3 is 6.03 Å². The van der Waals surface area contributed by atoms with Crippen molar-refractivity contribution in [1.29, 1.82) is 0 Å². The quantitative estimate of drug-likeness (QED) is 0.796. The van der Waals surface area contributed by atoms with Crippen molar-refractivity contribution in [3.63, 3.8) is 0 Å². The van der Waals surface area contributed by atoms with E-state index in [9.17, 15) is 4.79 Å². The Balaban J connectivity index is 1.82. The third-order valence-electron chi connectivity index (χ3n) is 4.30. The predicted molar refractivity (Wildman–Crippen MR) is 91.5 cm³/mol. The van der Waals surface area contributed by atoms with E-state index in [0.29, 0.717) is 10.0 Å². The van der Waals surface area contributed by atoms with Crippen LogP contribution in [-0.4, -0.2) is 29.1 Å². The second-order valence-electron chi connectivity index (χ2n) is 5.68. The van der Waals surface area contributed by atoms with Crippen LogP contribution in [0.3, 0.4) is 0 Å². The van der Waals surface area contributed by atoms with Crippen LogP contribution >= 0.6 is 23.2 Å². The van der Waals surface area contributed by atoms with Crippen LogP contribution in [0.1, 0.15) is 18.2 Å². The van der Waals surface area contributed by atoms with Crippen molar-refractivity contribution < 1.29 is 4.79 Å². The number of rotatable bonds is 2. The number of hydrogen-bond acceptors (Lipinski definition) is 2. The molecule has 0 aliphatic carbocycles. The summed E-state index contributed by atoms with van der Waals surface area (Å²) in [6.45, 7) is 1.61. The second kappa shape index (κ2) is 5.71. The summed E-state index contributed by atoms with van der Waals surface area (Å²) < 4.78 is 0. The molecule has 6 heteroatoms. The molecule has 0 unspecified atom stereocenters. The van der Waals surface area contributed by atoms with E-state index in [1.807, 2.05) is 41.4 Å². The summed E-state index contributed by atoms with van der Waals surface area (Å²) in [5.41, 5.74) is 1.84. The van der Waals surface area contributed by atoms with E-state index < -0.39 is 0 Å². The third-order valence-corrected chi connectivity index (χ3v) is 5.04. The van der Waals surface area contributed by atoms with Crippen molar-refractivity contribution in [2.45, 2.75) is 12.6 Å². The summed E-state index contributed by atoms with van der Waals surface area (Å²) in [6.07, 6.45) is 0.841. The molecule has 118 valence electrons. The number of carbonyl (C=O) groups is 1. The number of hydrogen-bond donors (Lipinski definition) is 0. The van der Waals surface area contributed by atoms with Gasteiger partial charge in [0.1, 0.15) is 6.17 Å². The van der Waals surface area contributed by atoms with Crippen LogP contribution in [0.5, 0.6) is 0 Å². The summed E-state index contributed by atoms with van der Waals surface area (Å²) in [4.78, 5) is 14.7. The van der Waals surface area contributed by atoms with Crippen molar-refractivity contribution >= 4 is 34.9 Å². The minimum absolute atomic E-state index is 0.0188. The molecule has 0 spiro atoms. The smallest absolute Gasteiger partial charge is 0.271 e. The molecular weight excluding hydrogens is 333 g/mol. The fourth-order valence-corrected chi connectivity index (χ4v) is 3.58. The molecule has 2 amide bonds. The van der Waals surface area contributed by atoms with Crippen LogP contribution in [0.2, 0.25) is 10.0 Å². The van der Waals surface area contributed by atoms with E-state index in [0.717, 1.165) is 30.8 Å². The van der Waals surface area contributed by atoms with E-state index in [1.54, 1.807) is 17.0 Å². The molecule has 0 N–H and O–H groups in total. The van der Waals surface area contributed by atoms with Crippen LogP contribution in [0.4, 0.5) is 10.5 Å². The summed E-state index contributed by atoms with van der Waals surface area (Å²) >= 11 is 12.2. The molecule has 0 saturated carbocycles. The summed E-state index contributed by atoms with van der Waals surface area (Å²) in [5.74, 6) is 0. The van der Waals surface area contributed by atoms with Gasteiger partial charge in [0, 0.05) is 18.8 Å². The molecule has 23 heavy (non-hydrogen) atoms. The lowest BCUT2D eigenvalue weighted by Gasteiger charge is -2.28. The van der Waals surface area contributed by atoms with Crippen LogP contribution in [0.15, 0.2) is 48.5 Å². The van der Waals surface area contributed by atoms with Gasteiger partial charge in [-0.15, -0.1) is 0 Å². The van der Waals surface area contributed by atoms with E-state index in [4.69, 9.17) is 23.2 Å². The average Bonchev–Trinajstić information content (AvgIpc) is 3.13. The number of halogens is 2. The molecule has 2 heterocycles. The highest BCUT2D eigenvalue weighted by Crippen LogP contribution is 2.41. The normalized spacial score (nSPS) is 21.1. The van der Waals surface area contributed by atoms with E-state index in [1.165, 1.54) is 0 Å². The number of fused-ring (bicyclic) bond motifs is 1. The van der Waals surface area contributed by atoms with Gasteiger partial charge in [-0.1, -0.05) is 53.5 Å². The maximum Gasteiger partial charge on any atom is 0.340 e. The van der Waals surface area contributed by atoms with Crippen molar-refractivity contribution in [1.82, 2.24) is 10.0 Å². The first-order valence-electron chi connectivity index (χ1n) is 7.54. The summed E-state index contributed by atoms with van der Waals surface area (Å²) in [5, 5.41) is 4.88. The largest absolute Gasteiger partial charge is 0.340 e. The Bertz CT molecular complexity index is 753. The maximum atomic E-state index is 12.9.